The maximum absolute atomic E-state index is 12.8. The molecule has 1 N–H and O–H groups in total. The summed E-state index contributed by atoms with van der Waals surface area (Å²) in [5, 5.41) is 7.63. The summed E-state index contributed by atoms with van der Waals surface area (Å²) in [5.41, 5.74) is 2.66. The molecule has 1 amide bonds. The molecule has 0 aliphatic heterocycles. The number of anilines is 1. The minimum Gasteiger partial charge on any atom is -0.457 e. The fourth-order valence-corrected chi connectivity index (χ4v) is 3.42. The molecule has 30 heavy (non-hydrogen) atoms. The summed E-state index contributed by atoms with van der Waals surface area (Å²) < 4.78 is 7.41. The highest BCUT2D eigenvalue weighted by Crippen LogP contribution is 2.25. The Labute approximate surface area is 179 Å². The molecular weight excluding hydrogens is 398 g/mol. The summed E-state index contributed by atoms with van der Waals surface area (Å²) in [4.78, 5) is 12.8. The second-order valence-electron chi connectivity index (χ2n) is 6.79. The zero-order valence-electron chi connectivity index (χ0n) is 16.4. The molecule has 0 radical (unpaired) electrons. The van der Waals surface area contributed by atoms with Crippen LogP contribution >= 0.6 is 11.6 Å². The first-order valence-corrected chi connectivity index (χ1v) is 9.89. The van der Waals surface area contributed by atoms with Gasteiger partial charge in [0, 0.05) is 5.69 Å². The molecule has 4 rings (SSSR count). The third-order valence-corrected chi connectivity index (χ3v) is 4.94. The molecule has 1 heterocycles. The summed E-state index contributed by atoms with van der Waals surface area (Å²) in [5.74, 6) is 1.14. The Morgan fingerprint density at radius 1 is 0.933 bits per heavy atom. The molecule has 0 fully saturated rings. The molecule has 0 saturated heterocycles. The quantitative estimate of drug-likeness (QED) is 0.422. The van der Waals surface area contributed by atoms with E-state index in [0.29, 0.717) is 34.4 Å². The van der Waals surface area contributed by atoms with E-state index in [1.165, 1.54) is 0 Å². The van der Waals surface area contributed by atoms with E-state index < -0.39 is 0 Å². The third-order valence-electron chi connectivity index (χ3n) is 4.56. The van der Waals surface area contributed by atoms with Gasteiger partial charge in [-0.05, 0) is 48.9 Å². The molecule has 4 aromatic rings. The number of hydrogen-bond acceptors (Lipinski definition) is 3. The number of rotatable bonds is 6. The molecule has 5 nitrogen and oxygen atoms in total. The zero-order chi connectivity index (χ0) is 20.9. The number of amides is 1. The SMILES string of the molecule is Cc1nn(Cc2ccccc2)c(Cl)c1C(=O)Nc1ccc(Oc2ccccc2)cc1. The lowest BCUT2D eigenvalue weighted by Gasteiger charge is -2.08. The molecule has 0 saturated carbocycles. The summed E-state index contributed by atoms with van der Waals surface area (Å²) in [6.07, 6.45) is 0. The van der Waals surface area contributed by atoms with Crippen LogP contribution in [0.4, 0.5) is 5.69 Å². The van der Waals surface area contributed by atoms with Crippen LogP contribution in [0.25, 0.3) is 0 Å². The van der Waals surface area contributed by atoms with Crippen LogP contribution in [-0.2, 0) is 6.54 Å². The highest BCUT2D eigenvalue weighted by Gasteiger charge is 2.20. The fraction of sp³-hybridized carbons (Fsp3) is 0.0833. The molecule has 150 valence electrons. The van der Waals surface area contributed by atoms with E-state index in [1.54, 1.807) is 35.9 Å². The van der Waals surface area contributed by atoms with Gasteiger partial charge in [0.15, 0.2) is 0 Å². The molecular formula is C24H20ClN3O2. The second-order valence-corrected chi connectivity index (χ2v) is 7.15. The number of benzene rings is 3. The summed E-state index contributed by atoms with van der Waals surface area (Å²) >= 11 is 6.48. The second kappa shape index (κ2) is 8.84. The first-order chi connectivity index (χ1) is 14.6. The highest BCUT2D eigenvalue weighted by atomic mass is 35.5. The van der Waals surface area contributed by atoms with Crippen molar-refractivity contribution >= 4 is 23.2 Å². The smallest absolute Gasteiger partial charge is 0.260 e. The van der Waals surface area contributed by atoms with Crippen LogP contribution in [0.3, 0.4) is 0 Å². The van der Waals surface area contributed by atoms with Crippen LogP contribution in [-0.4, -0.2) is 15.7 Å². The van der Waals surface area contributed by atoms with Gasteiger partial charge < -0.3 is 10.1 Å². The molecule has 0 aliphatic rings. The van der Waals surface area contributed by atoms with Crippen molar-refractivity contribution in [1.82, 2.24) is 9.78 Å². The van der Waals surface area contributed by atoms with Crippen molar-refractivity contribution in [2.24, 2.45) is 0 Å². The van der Waals surface area contributed by atoms with Crippen molar-refractivity contribution in [3.63, 3.8) is 0 Å². The normalized spacial score (nSPS) is 10.6. The molecule has 6 heteroatoms. The Kier molecular flexibility index (Phi) is 5.82. The number of aryl methyl sites for hydroxylation is 1. The van der Waals surface area contributed by atoms with Gasteiger partial charge in [0.05, 0.1) is 17.8 Å². The molecule has 0 unspecified atom stereocenters. The van der Waals surface area contributed by atoms with E-state index >= 15 is 0 Å². The molecule has 0 aliphatic carbocycles. The van der Waals surface area contributed by atoms with Crippen LogP contribution < -0.4 is 10.1 Å². The maximum atomic E-state index is 12.8. The van der Waals surface area contributed by atoms with Crippen molar-refractivity contribution in [3.05, 3.63) is 107 Å². The van der Waals surface area contributed by atoms with Crippen molar-refractivity contribution < 1.29 is 9.53 Å². The number of hydrogen-bond donors (Lipinski definition) is 1. The van der Waals surface area contributed by atoms with Gasteiger partial charge in [0.25, 0.3) is 5.91 Å². The predicted octanol–water partition coefficient (Wildman–Crippen LogP) is 5.94. The van der Waals surface area contributed by atoms with Gasteiger partial charge in [-0.3, -0.25) is 4.79 Å². The highest BCUT2D eigenvalue weighted by molar-refractivity contribution is 6.33. The van der Waals surface area contributed by atoms with Crippen LogP contribution in [0.15, 0.2) is 84.9 Å². The van der Waals surface area contributed by atoms with Crippen molar-refractivity contribution in [2.45, 2.75) is 13.5 Å². The molecule has 1 aromatic heterocycles. The van der Waals surface area contributed by atoms with Gasteiger partial charge in [-0.2, -0.15) is 5.10 Å². The number of halogens is 1. The lowest BCUT2D eigenvalue weighted by Crippen LogP contribution is -2.13. The van der Waals surface area contributed by atoms with Gasteiger partial charge in [-0.25, -0.2) is 4.68 Å². The van der Waals surface area contributed by atoms with Gasteiger partial charge in [0.1, 0.15) is 16.7 Å². The number of ether oxygens (including phenoxy) is 1. The number of aromatic nitrogens is 2. The monoisotopic (exact) mass is 417 g/mol. The average molecular weight is 418 g/mol. The van der Waals surface area contributed by atoms with Crippen LogP contribution in [0.1, 0.15) is 21.6 Å². The standard InChI is InChI=1S/C24H20ClN3O2/c1-17-22(23(25)28(27-17)16-18-8-4-2-5-9-18)24(29)26-19-12-14-21(15-13-19)30-20-10-6-3-7-11-20/h2-15H,16H2,1H3,(H,26,29). The van der Waals surface area contributed by atoms with E-state index in [-0.39, 0.29) is 5.91 Å². The van der Waals surface area contributed by atoms with Crippen molar-refractivity contribution in [1.29, 1.82) is 0 Å². The number of carbonyl (C=O) groups is 1. The Hall–Kier alpha value is -3.57. The Bertz CT molecular complexity index is 1140. The maximum Gasteiger partial charge on any atom is 0.260 e. The lowest BCUT2D eigenvalue weighted by atomic mass is 10.2. The van der Waals surface area contributed by atoms with Crippen molar-refractivity contribution in [3.8, 4) is 11.5 Å². The van der Waals surface area contributed by atoms with E-state index in [4.69, 9.17) is 16.3 Å². The third kappa shape index (κ3) is 4.53. The van der Waals surface area contributed by atoms with Gasteiger partial charge >= 0.3 is 0 Å². The van der Waals surface area contributed by atoms with Gasteiger partial charge in [0.2, 0.25) is 0 Å². The van der Waals surface area contributed by atoms with Crippen LogP contribution in [0.5, 0.6) is 11.5 Å². The van der Waals surface area contributed by atoms with Crippen LogP contribution in [0, 0.1) is 6.92 Å². The van der Waals surface area contributed by atoms with Crippen LogP contribution in [0.2, 0.25) is 5.15 Å². The van der Waals surface area contributed by atoms with E-state index in [0.717, 1.165) is 11.3 Å². The Balaban J connectivity index is 1.46. The summed E-state index contributed by atoms with van der Waals surface area (Å²) in [7, 11) is 0. The van der Waals surface area contributed by atoms with Crippen molar-refractivity contribution in [2.75, 3.05) is 5.32 Å². The fourth-order valence-electron chi connectivity index (χ4n) is 3.10. The average Bonchev–Trinajstić information content (AvgIpc) is 3.04. The first kappa shape index (κ1) is 19.7. The van der Waals surface area contributed by atoms with E-state index in [2.05, 4.69) is 10.4 Å². The number of para-hydroxylation sites is 1. The summed E-state index contributed by atoms with van der Waals surface area (Å²) in [6, 6.07) is 26.5. The van der Waals surface area contributed by atoms with Gasteiger partial charge in [-0.15, -0.1) is 0 Å². The van der Waals surface area contributed by atoms with Gasteiger partial charge in [-0.1, -0.05) is 60.1 Å². The number of nitrogens with one attached hydrogen (secondary N) is 1. The lowest BCUT2D eigenvalue weighted by molar-refractivity contribution is 0.102. The minimum atomic E-state index is -0.298. The molecule has 3 aromatic carbocycles. The molecule has 0 spiro atoms. The minimum absolute atomic E-state index is 0.298. The Morgan fingerprint density at radius 3 is 2.20 bits per heavy atom. The largest absolute Gasteiger partial charge is 0.457 e. The van der Waals surface area contributed by atoms with E-state index in [1.807, 2.05) is 60.7 Å². The first-order valence-electron chi connectivity index (χ1n) is 9.51. The summed E-state index contributed by atoms with van der Waals surface area (Å²) in [6.45, 7) is 2.28. The molecule has 0 bridgehead atoms. The number of carbonyl (C=O) groups excluding carboxylic acids is 1. The zero-order valence-corrected chi connectivity index (χ0v) is 17.1. The molecule has 0 atom stereocenters. The number of nitrogens with zero attached hydrogens (tertiary/aromatic N) is 2. The Morgan fingerprint density at radius 2 is 1.53 bits per heavy atom. The predicted molar refractivity (Wildman–Crippen MR) is 118 cm³/mol. The van der Waals surface area contributed by atoms with E-state index in [9.17, 15) is 4.79 Å². The topological polar surface area (TPSA) is 56.2 Å².